The number of thioether (sulfide) groups is 1. The molecule has 0 spiro atoms. The molecule has 0 fully saturated rings. The highest BCUT2D eigenvalue weighted by molar-refractivity contribution is 7.99. The van der Waals surface area contributed by atoms with Gasteiger partial charge in [-0.1, -0.05) is 12.1 Å². The molecule has 1 aliphatic heterocycles. The van der Waals surface area contributed by atoms with Crippen molar-refractivity contribution in [3.05, 3.63) is 47.2 Å². The van der Waals surface area contributed by atoms with E-state index in [1.54, 1.807) is 11.8 Å². The third kappa shape index (κ3) is 2.87. The predicted octanol–water partition coefficient (Wildman–Crippen LogP) is 3.37. The summed E-state index contributed by atoms with van der Waals surface area (Å²) in [5, 5.41) is 10.2. The summed E-state index contributed by atoms with van der Waals surface area (Å²) in [5.74, 6) is 2.29. The molecule has 116 valence electrons. The van der Waals surface area contributed by atoms with E-state index < -0.39 is 0 Å². The number of nitrogens with zero attached hydrogens (tertiary/aromatic N) is 2. The Labute approximate surface area is 139 Å². The number of rotatable bonds is 3. The number of ether oxygens (including phenoxy) is 2. The van der Waals surface area contributed by atoms with Gasteiger partial charge in [0.25, 0.3) is 0 Å². The van der Waals surface area contributed by atoms with E-state index in [1.165, 1.54) is 5.56 Å². The van der Waals surface area contributed by atoms with Crippen molar-refractivity contribution in [3.63, 3.8) is 0 Å². The van der Waals surface area contributed by atoms with E-state index in [4.69, 9.17) is 14.5 Å². The van der Waals surface area contributed by atoms with Gasteiger partial charge in [-0.25, -0.2) is 4.98 Å². The second kappa shape index (κ2) is 6.13. The molecule has 0 unspecified atom stereocenters. The van der Waals surface area contributed by atoms with Crippen LogP contribution >= 0.6 is 11.8 Å². The summed E-state index contributed by atoms with van der Waals surface area (Å²) >= 11 is 1.58. The average molecular weight is 324 g/mol. The topological polar surface area (TPSA) is 55.1 Å². The molecule has 0 saturated heterocycles. The Balaban J connectivity index is 1.47. The van der Waals surface area contributed by atoms with Gasteiger partial charge in [0.2, 0.25) is 0 Å². The molecule has 0 bridgehead atoms. The Bertz CT molecular complexity index is 785. The number of para-hydroxylation sites is 2. The van der Waals surface area contributed by atoms with E-state index >= 15 is 0 Å². The second-order valence-electron chi connectivity index (χ2n) is 5.72. The van der Waals surface area contributed by atoms with Crippen molar-refractivity contribution in [1.82, 2.24) is 4.98 Å². The summed E-state index contributed by atoms with van der Waals surface area (Å²) < 4.78 is 11.7. The smallest absolute Gasteiger partial charge is 0.161 e. The zero-order valence-corrected chi connectivity index (χ0v) is 13.4. The largest absolute Gasteiger partial charge is 0.486 e. The van der Waals surface area contributed by atoms with Gasteiger partial charge in [0.05, 0.1) is 5.56 Å². The second-order valence-corrected chi connectivity index (χ2v) is 6.73. The number of aromatic nitrogens is 1. The molecule has 0 amide bonds. The van der Waals surface area contributed by atoms with Crippen LogP contribution in [-0.2, 0) is 12.8 Å². The van der Waals surface area contributed by atoms with Crippen molar-refractivity contribution < 1.29 is 9.47 Å². The summed E-state index contributed by atoms with van der Waals surface area (Å²) in [6, 6.07) is 12.0. The lowest BCUT2D eigenvalue weighted by molar-refractivity contribution is 0.107. The van der Waals surface area contributed by atoms with Gasteiger partial charge in [0.15, 0.2) is 11.5 Å². The van der Waals surface area contributed by atoms with E-state index in [9.17, 15) is 5.26 Å². The SMILES string of the molecule is N#Cc1cc2c(nc1SC[C@@H]1COc3ccccc3O1)CCC2. The van der Waals surface area contributed by atoms with Crippen LogP contribution in [0.3, 0.4) is 0 Å². The van der Waals surface area contributed by atoms with E-state index in [0.29, 0.717) is 12.2 Å². The van der Waals surface area contributed by atoms with Crippen LogP contribution < -0.4 is 9.47 Å². The van der Waals surface area contributed by atoms with Crippen LogP contribution in [0.25, 0.3) is 0 Å². The summed E-state index contributed by atoms with van der Waals surface area (Å²) in [7, 11) is 0. The zero-order valence-electron chi connectivity index (χ0n) is 12.6. The van der Waals surface area contributed by atoms with Crippen LogP contribution in [0.4, 0.5) is 0 Å². The first-order valence-corrected chi connectivity index (χ1v) is 8.76. The van der Waals surface area contributed by atoms with Crippen molar-refractivity contribution in [2.75, 3.05) is 12.4 Å². The predicted molar refractivity (Wildman–Crippen MR) is 88.1 cm³/mol. The number of hydrogen-bond acceptors (Lipinski definition) is 5. The van der Waals surface area contributed by atoms with Crippen molar-refractivity contribution >= 4 is 11.8 Å². The van der Waals surface area contributed by atoms with Gasteiger partial charge < -0.3 is 9.47 Å². The highest BCUT2D eigenvalue weighted by Gasteiger charge is 2.22. The summed E-state index contributed by atoms with van der Waals surface area (Å²) in [4.78, 5) is 4.70. The molecule has 2 aromatic rings. The van der Waals surface area contributed by atoms with Crippen molar-refractivity contribution in [2.24, 2.45) is 0 Å². The Morgan fingerprint density at radius 2 is 2.13 bits per heavy atom. The van der Waals surface area contributed by atoms with Crippen LogP contribution in [-0.4, -0.2) is 23.4 Å². The minimum Gasteiger partial charge on any atom is -0.486 e. The fourth-order valence-corrected chi connectivity index (χ4v) is 3.90. The Morgan fingerprint density at radius 3 is 3.00 bits per heavy atom. The maximum Gasteiger partial charge on any atom is 0.161 e. The number of nitriles is 1. The molecule has 0 radical (unpaired) electrons. The van der Waals surface area contributed by atoms with Gasteiger partial charge in [-0.05, 0) is 43.0 Å². The molecular weight excluding hydrogens is 308 g/mol. The number of benzene rings is 1. The number of pyridine rings is 1. The highest BCUT2D eigenvalue weighted by atomic mass is 32.2. The first-order chi connectivity index (χ1) is 11.3. The van der Waals surface area contributed by atoms with Gasteiger partial charge in [-0.15, -0.1) is 11.8 Å². The Hall–Kier alpha value is -2.19. The third-order valence-electron chi connectivity index (χ3n) is 4.11. The van der Waals surface area contributed by atoms with Crippen LogP contribution in [0, 0.1) is 11.3 Å². The van der Waals surface area contributed by atoms with Gasteiger partial charge in [0.1, 0.15) is 23.8 Å². The van der Waals surface area contributed by atoms with E-state index in [2.05, 4.69) is 6.07 Å². The van der Waals surface area contributed by atoms with Crippen LogP contribution in [0.1, 0.15) is 23.2 Å². The lowest BCUT2D eigenvalue weighted by Crippen LogP contribution is -2.31. The molecule has 1 aromatic heterocycles. The first-order valence-electron chi connectivity index (χ1n) is 7.77. The monoisotopic (exact) mass is 324 g/mol. The Kier molecular flexibility index (Phi) is 3.84. The van der Waals surface area contributed by atoms with Crippen LogP contribution in [0.5, 0.6) is 11.5 Å². The summed E-state index contributed by atoms with van der Waals surface area (Å²) in [6.07, 6.45) is 3.16. The molecule has 1 aliphatic carbocycles. The fraction of sp³-hybridized carbons (Fsp3) is 0.333. The quantitative estimate of drug-likeness (QED) is 0.810. The van der Waals surface area contributed by atoms with Gasteiger partial charge in [0, 0.05) is 11.4 Å². The van der Waals surface area contributed by atoms with E-state index in [-0.39, 0.29) is 6.10 Å². The molecule has 4 rings (SSSR count). The summed E-state index contributed by atoms with van der Waals surface area (Å²) in [5.41, 5.74) is 3.06. The molecule has 0 N–H and O–H groups in total. The van der Waals surface area contributed by atoms with E-state index in [0.717, 1.165) is 47.2 Å². The minimum absolute atomic E-state index is 0.0310. The van der Waals surface area contributed by atoms with E-state index in [1.807, 2.05) is 30.3 Å². The third-order valence-corrected chi connectivity index (χ3v) is 5.23. The lowest BCUT2D eigenvalue weighted by Gasteiger charge is -2.26. The number of fused-ring (bicyclic) bond motifs is 2. The van der Waals surface area contributed by atoms with Crippen molar-refractivity contribution in [2.45, 2.75) is 30.4 Å². The van der Waals surface area contributed by atoms with Crippen LogP contribution in [0.2, 0.25) is 0 Å². The molecule has 4 nitrogen and oxygen atoms in total. The minimum atomic E-state index is -0.0310. The van der Waals surface area contributed by atoms with Crippen molar-refractivity contribution in [1.29, 1.82) is 5.26 Å². The first kappa shape index (κ1) is 14.4. The molecule has 5 heteroatoms. The molecule has 0 saturated carbocycles. The van der Waals surface area contributed by atoms with Gasteiger partial charge >= 0.3 is 0 Å². The summed E-state index contributed by atoms with van der Waals surface area (Å²) in [6.45, 7) is 0.525. The fourth-order valence-electron chi connectivity index (χ4n) is 2.96. The molecule has 2 aliphatic rings. The van der Waals surface area contributed by atoms with Gasteiger partial charge in [-0.2, -0.15) is 5.26 Å². The molecule has 1 atom stereocenters. The number of hydrogen-bond donors (Lipinski definition) is 0. The average Bonchev–Trinajstić information content (AvgIpc) is 3.06. The molecule has 1 aromatic carbocycles. The molecular formula is C18H16N2O2S. The Morgan fingerprint density at radius 1 is 1.26 bits per heavy atom. The number of aryl methyl sites for hydroxylation is 2. The lowest BCUT2D eigenvalue weighted by atomic mass is 10.2. The highest BCUT2D eigenvalue weighted by Crippen LogP contribution is 2.33. The maximum atomic E-state index is 9.36. The maximum absolute atomic E-state index is 9.36. The van der Waals surface area contributed by atoms with Gasteiger partial charge in [-0.3, -0.25) is 0 Å². The standard InChI is InChI=1S/C18H16N2O2S/c19-9-13-8-12-4-3-5-15(12)20-18(13)23-11-14-10-21-16-6-1-2-7-17(16)22-14/h1-2,6-8,14H,3-5,10-11H2/t14-/m0/s1. The van der Waals surface area contributed by atoms with Crippen molar-refractivity contribution in [3.8, 4) is 17.6 Å². The molecule has 2 heterocycles. The van der Waals surface area contributed by atoms with Crippen LogP contribution in [0.15, 0.2) is 35.4 Å². The normalized spacial score (nSPS) is 18.3. The zero-order chi connectivity index (χ0) is 15.6. The molecule has 23 heavy (non-hydrogen) atoms.